The quantitative estimate of drug-likeness (QED) is 0.868. The molecule has 2 aromatic rings. The van der Waals surface area contributed by atoms with Gasteiger partial charge in [0.2, 0.25) is 0 Å². The third-order valence-electron chi connectivity index (χ3n) is 2.99. The number of hydrogen-bond acceptors (Lipinski definition) is 3. The second kappa shape index (κ2) is 5.10. The van der Waals surface area contributed by atoms with Gasteiger partial charge >= 0.3 is 0 Å². The molecule has 0 amide bonds. The van der Waals surface area contributed by atoms with Gasteiger partial charge in [-0.3, -0.25) is 9.67 Å². The number of hydrogen-bond donors (Lipinski definition) is 1. The minimum atomic E-state index is 0.263. The molecule has 0 aliphatic rings. The van der Waals surface area contributed by atoms with Crippen molar-refractivity contribution >= 4 is 0 Å². The van der Waals surface area contributed by atoms with E-state index in [1.54, 1.807) is 0 Å². The fourth-order valence-corrected chi connectivity index (χ4v) is 1.99. The minimum Gasteiger partial charge on any atom is -0.313 e. The highest BCUT2D eigenvalue weighted by molar-refractivity contribution is 5.26. The van der Waals surface area contributed by atoms with E-state index in [1.807, 2.05) is 43.4 Å². The van der Waals surface area contributed by atoms with Crippen LogP contribution < -0.4 is 5.32 Å². The Hall–Kier alpha value is -1.68. The average Bonchev–Trinajstić information content (AvgIpc) is 2.73. The van der Waals surface area contributed by atoms with Crippen molar-refractivity contribution < 1.29 is 0 Å². The lowest BCUT2D eigenvalue weighted by molar-refractivity contribution is 0.572. The largest absolute Gasteiger partial charge is 0.313 e. The molecule has 0 aromatic carbocycles. The molecular weight excluding hydrogens is 212 g/mol. The van der Waals surface area contributed by atoms with Crippen LogP contribution in [0.4, 0.5) is 0 Å². The zero-order valence-electron chi connectivity index (χ0n) is 10.5. The second-order valence-corrected chi connectivity index (χ2v) is 4.26. The van der Waals surface area contributed by atoms with Crippen molar-refractivity contribution in [3.8, 4) is 0 Å². The van der Waals surface area contributed by atoms with Gasteiger partial charge in [0.25, 0.3) is 0 Å². The first-order valence-corrected chi connectivity index (χ1v) is 5.77. The summed E-state index contributed by atoms with van der Waals surface area (Å²) in [6, 6.07) is 4.35. The van der Waals surface area contributed by atoms with Gasteiger partial charge in [0.1, 0.15) is 0 Å². The van der Waals surface area contributed by atoms with Crippen LogP contribution in [0, 0.1) is 6.92 Å². The Balaban J connectivity index is 2.20. The summed E-state index contributed by atoms with van der Waals surface area (Å²) in [5.74, 6) is 0. The van der Waals surface area contributed by atoms with Crippen LogP contribution in [0.2, 0.25) is 0 Å². The molecule has 1 unspecified atom stereocenters. The number of rotatable bonds is 4. The Morgan fingerprint density at radius 2 is 2.24 bits per heavy atom. The molecule has 17 heavy (non-hydrogen) atoms. The van der Waals surface area contributed by atoms with Crippen LogP contribution in [0.1, 0.15) is 22.9 Å². The van der Waals surface area contributed by atoms with E-state index in [4.69, 9.17) is 0 Å². The van der Waals surface area contributed by atoms with Gasteiger partial charge in [-0.2, -0.15) is 5.10 Å². The van der Waals surface area contributed by atoms with E-state index in [2.05, 4.69) is 28.4 Å². The van der Waals surface area contributed by atoms with Gasteiger partial charge in [-0.25, -0.2) is 0 Å². The summed E-state index contributed by atoms with van der Waals surface area (Å²) in [6.45, 7) is 2.11. The highest BCUT2D eigenvalue weighted by Gasteiger charge is 2.13. The van der Waals surface area contributed by atoms with Gasteiger partial charge in [-0.1, -0.05) is 0 Å². The lowest BCUT2D eigenvalue weighted by Crippen LogP contribution is -2.20. The minimum absolute atomic E-state index is 0.263. The lowest BCUT2D eigenvalue weighted by atomic mass is 10.00. The molecule has 0 saturated heterocycles. The SMILES string of the molecule is CNC(Cc1ccn(C)n1)c1cnccc1C. The van der Waals surface area contributed by atoms with Crippen LogP contribution in [-0.4, -0.2) is 21.8 Å². The van der Waals surface area contributed by atoms with Crippen molar-refractivity contribution in [1.82, 2.24) is 20.1 Å². The van der Waals surface area contributed by atoms with Crippen molar-refractivity contribution in [3.05, 3.63) is 47.5 Å². The first-order valence-electron chi connectivity index (χ1n) is 5.77. The molecule has 2 heterocycles. The molecule has 90 valence electrons. The Morgan fingerprint density at radius 3 is 2.82 bits per heavy atom. The molecule has 1 atom stereocenters. The summed E-state index contributed by atoms with van der Waals surface area (Å²) in [5, 5.41) is 7.74. The van der Waals surface area contributed by atoms with E-state index in [9.17, 15) is 0 Å². The third-order valence-corrected chi connectivity index (χ3v) is 2.99. The zero-order chi connectivity index (χ0) is 12.3. The zero-order valence-corrected chi connectivity index (χ0v) is 10.5. The molecule has 4 heteroatoms. The fraction of sp³-hybridized carbons (Fsp3) is 0.385. The maximum Gasteiger partial charge on any atom is 0.0643 e. The van der Waals surface area contributed by atoms with E-state index < -0.39 is 0 Å². The molecule has 2 aromatic heterocycles. The molecule has 0 aliphatic carbocycles. The van der Waals surface area contributed by atoms with E-state index in [0.717, 1.165) is 12.1 Å². The van der Waals surface area contributed by atoms with Gasteiger partial charge in [0, 0.05) is 38.1 Å². The molecule has 0 fully saturated rings. The summed E-state index contributed by atoms with van der Waals surface area (Å²) in [6.07, 6.45) is 6.60. The van der Waals surface area contributed by atoms with Gasteiger partial charge < -0.3 is 5.32 Å². The summed E-state index contributed by atoms with van der Waals surface area (Å²) < 4.78 is 1.83. The van der Waals surface area contributed by atoms with Crippen molar-refractivity contribution in [2.24, 2.45) is 7.05 Å². The number of pyridine rings is 1. The van der Waals surface area contributed by atoms with Crippen LogP contribution in [0.3, 0.4) is 0 Å². The number of aryl methyl sites for hydroxylation is 2. The Labute approximate surface area is 102 Å². The van der Waals surface area contributed by atoms with Gasteiger partial charge in [0.05, 0.1) is 5.69 Å². The van der Waals surface area contributed by atoms with E-state index in [0.29, 0.717) is 0 Å². The normalized spacial score (nSPS) is 12.6. The Bertz CT molecular complexity index is 490. The van der Waals surface area contributed by atoms with Crippen LogP contribution in [0.5, 0.6) is 0 Å². The van der Waals surface area contributed by atoms with Crippen LogP contribution >= 0.6 is 0 Å². The molecule has 0 aliphatic heterocycles. The van der Waals surface area contributed by atoms with E-state index in [1.165, 1.54) is 11.1 Å². The Kier molecular flexibility index (Phi) is 3.54. The van der Waals surface area contributed by atoms with E-state index in [-0.39, 0.29) is 6.04 Å². The first kappa shape index (κ1) is 11.8. The molecular formula is C13H18N4. The van der Waals surface area contributed by atoms with Gasteiger partial charge in [-0.15, -0.1) is 0 Å². The third kappa shape index (κ3) is 2.71. The number of nitrogens with zero attached hydrogens (tertiary/aromatic N) is 3. The van der Waals surface area contributed by atoms with Gasteiger partial charge in [0.15, 0.2) is 0 Å². The highest BCUT2D eigenvalue weighted by atomic mass is 15.2. The van der Waals surface area contributed by atoms with Crippen molar-refractivity contribution in [2.75, 3.05) is 7.05 Å². The molecule has 0 spiro atoms. The monoisotopic (exact) mass is 230 g/mol. The summed E-state index contributed by atoms with van der Waals surface area (Å²) in [4.78, 5) is 4.20. The smallest absolute Gasteiger partial charge is 0.0643 e. The predicted octanol–water partition coefficient (Wildman–Crippen LogP) is 1.63. The molecule has 1 N–H and O–H groups in total. The second-order valence-electron chi connectivity index (χ2n) is 4.26. The fourth-order valence-electron chi connectivity index (χ4n) is 1.99. The molecule has 0 radical (unpaired) electrons. The average molecular weight is 230 g/mol. The molecule has 4 nitrogen and oxygen atoms in total. The molecule has 0 bridgehead atoms. The summed E-state index contributed by atoms with van der Waals surface area (Å²) in [7, 11) is 3.91. The van der Waals surface area contributed by atoms with Crippen molar-refractivity contribution in [1.29, 1.82) is 0 Å². The van der Waals surface area contributed by atoms with Crippen LogP contribution in [-0.2, 0) is 13.5 Å². The topological polar surface area (TPSA) is 42.7 Å². The summed E-state index contributed by atoms with van der Waals surface area (Å²) >= 11 is 0. The maximum absolute atomic E-state index is 4.41. The number of nitrogens with one attached hydrogen (secondary N) is 1. The van der Waals surface area contributed by atoms with Gasteiger partial charge in [-0.05, 0) is 37.2 Å². The molecule has 0 saturated carbocycles. The number of likely N-dealkylation sites (N-methyl/N-ethyl adjacent to an activating group) is 1. The predicted molar refractivity (Wildman–Crippen MR) is 67.7 cm³/mol. The highest BCUT2D eigenvalue weighted by Crippen LogP contribution is 2.19. The summed E-state index contributed by atoms with van der Waals surface area (Å²) in [5.41, 5.74) is 3.59. The maximum atomic E-state index is 4.41. The Morgan fingerprint density at radius 1 is 1.41 bits per heavy atom. The first-order chi connectivity index (χ1) is 8.20. The standard InChI is InChI=1S/C13H18N4/c1-10-4-6-15-9-12(10)13(14-2)8-11-5-7-17(3)16-11/h4-7,9,13-14H,8H2,1-3H3. The van der Waals surface area contributed by atoms with E-state index >= 15 is 0 Å². The lowest BCUT2D eigenvalue weighted by Gasteiger charge is -2.17. The van der Waals surface area contributed by atoms with Crippen molar-refractivity contribution in [3.63, 3.8) is 0 Å². The van der Waals surface area contributed by atoms with Crippen LogP contribution in [0.25, 0.3) is 0 Å². The van der Waals surface area contributed by atoms with Crippen molar-refractivity contribution in [2.45, 2.75) is 19.4 Å². The van der Waals surface area contributed by atoms with Crippen LogP contribution in [0.15, 0.2) is 30.7 Å². The molecule has 2 rings (SSSR count). The number of aromatic nitrogens is 3.